The van der Waals surface area contributed by atoms with Crippen molar-refractivity contribution in [2.24, 2.45) is 17.1 Å². The van der Waals surface area contributed by atoms with Gasteiger partial charge in [-0.1, -0.05) is 6.92 Å². The van der Waals surface area contributed by atoms with Gasteiger partial charge in [-0.05, 0) is 50.5 Å². The number of rotatable bonds is 5. The van der Waals surface area contributed by atoms with E-state index in [0.29, 0.717) is 5.41 Å². The molecule has 1 unspecified atom stereocenters. The molecule has 1 aromatic rings. The lowest BCUT2D eigenvalue weighted by Gasteiger charge is -2.27. The third-order valence-electron chi connectivity index (χ3n) is 3.80. The first-order valence-electron chi connectivity index (χ1n) is 5.75. The summed E-state index contributed by atoms with van der Waals surface area (Å²) in [5.74, 6) is 0.885. The van der Waals surface area contributed by atoms with Gasteiger partial charge in [-0.25, -0.2) is 4.98 Å². The Bertz CT molecular complexity index is 330. The largest absolute Gasteiger partial charge is 0.330 e. The smallest absolute Gasteiger partial charge is 0.0797 e. The van der Waals surface area contributed by atoms with Gasteiger partial charge in [0.15, 0.2) is 0 Å². The van der Waals surface area contributed by atoms with Crippen molar-refractivity contribution in [2.45, 2.75) is 39.5 Å². The van der Waals surface area contributed by atoms with Crippen LogP contribution < -0.4 is 5.73 Å². The average molecular weight is 224 g/mol. The van der Waals surface area contributed by atoms with Crippen LogP contribution in [0.15, 0.2) is 5.51 Å². The Labute approximate surface area is 95.9 Å². The predicted octanol–water partition coefficient (Wildman–Crippen LogP) is 2.76. The maximum Gasteiger partial charge on any atom is 0.0797 e. The van der Waals surface area contributed by atoms with E-state index in [2.05, 4.69) is 18.8 Å². The first kappa shape index (κ1) is 11.1. The number of hydrogen-bond acceptors (Lipinski definition) is 3. The predicted molar refractivity (Wildman–Crippen MR) is 65.1 cm³/mol. The standard InChI is InChI=1S/C12H20N2S/c1-9-11(15-8-14-9)5-6-12(2,7-13)10-3-4-10/h8,10H,3-7,13H2,1-2H3. The molecule has 0 bridgehead atoms. The highest BCUT2D eigenvalue weighted by molar-refractivity contribution is 7.09. The van der Waals surface area contributed by atoms with Gasteiger partial charge in [0.05, 0.1) is 11.2 Å². The monoisotopic (exact) mass is 224 g/mol. The Balaban J connectivity index is 1.94. The molecule has 0 amide bonds. The third kappa shape index (κ3) is 2.40. The van der Waals surface area contributed by atoms with Gasteiger partial charge in [-0.3, -0.25) is 0 Å². The van der Waals surface area contributed by atoms with Gasteiger partial charge in [0.25, 0.3) is 0 Å². The fourth-order valence-electron chi connectivity index (χ4n) is 2.22. The second-order valence-corrected chi connectivity index (χ2v) is 5.93. The number of thiazole rings is 1. The van der Waals surface area contributed by atoms with Crippen molar-refractivity contribution in [3.8, 4) is 0 Å². The van der Waals surface area contributed by atoms with Crippen molar-refractivity contribution in [1.29, 1.82) is 0 Å². The van der Waals surface area contributed by atoms with Crippen molar-refractivity contribution in [3.05, 3.63) is 16.1 Å². The minimum absolute atomic E-state index is 0.371. The van der Waals surface area contributed by atoms with Gasteiger partial charge in [0.1, 0.15) is 0 Å². The van der Waals surface area contributed by atoms with Crippen molar-refractivity contribution in [3.63, 3.8) is 0 Å². The molecule has 1 aromatic heterocycles. The molecule has 0 radical (unpaired) electrons. The highest BCUT2D eigenvalue weighted by atomic mass is 32.1. The molecule has 2 N–H and O–H groups in total. The van der Waals surface area contributed by atoms with E-state index in [4.69, 9.17) is 5.73 Å². The highest BCUT2D eigenvalue weighted by Gasteiger charge is 2.39. The van der Waals surface area contributed by atoms with Crippen LogP contribution >= 0.6 is 11.3 Å². The summed E-state index contributed by atoms with van der Waals surface area (Å²) in [6.45, 7) is 5.28. The summed E-state index contributed by atoms with van der Waals surface area (Å²) in [5, 5.41) is 0. The van der Waals surface area contributed by atoms with Crippen molar-refractivity contribution in [2.75, 3.05) is 6.54 Å². The molecule has 1 aliphatic carbocycles. The quantitative estimate of drug-likeness (QED) is 0.835. The average Bonchev–Trinajstić information content (AvgIpc) is 3.01. The third-order valence-corrected chi connectivity index (χ3v) is 4.79. The van der Waals surface area contributed by atoms with Crippen molar-refractivity contribution >= 4 is 11.3 Å². The molecule has 15 heavy (non-hydrogen) atoms. The SMILES string of the molecule is Cc1ncsc1CCC(C)(CN)C1CC1. The van der Waals surface area contributed by atoms with Crippen LogP contribution in [-0.2, 0) is 6.42 Å². The molecular formula is C12H20N2S. The van der Waals surface area contributed by atoms with Gasteiger partial charge in [0.2, 0.25) is 0 Å². The van der Waals surface area contributed by atoms with Crippen molar-refractivity contribution in [1.82, 2.24) is 4.98 Å². The van der Waals surface area contributed by atoms with Gasteiger partial charge in [-0.15, -0.1) is 11.3 Å². The van der Waals surface area contributed by atoms with E-state index < -0.39 is 0 Å². The van der Waals surface area contributed by atoms with E-state index in [-0.39, 0.29) is 0 Å². The van der Waals surface area contributed by atoms with Crippen LogP contribution in [0.4, 0.5) is 0 Å². The summed E-state index contributed by atoms with van der Waals surface area (Å²) in [7, 11) is 0. The van der Waals surface area contributed by atoms with Gasteiger partial charge in [-0.2, -0.15) is 0 Å². The first-order valence-corrected chi connectivity index (χ1v) is 6.63. The molecular weight excluding hydrogens is 204 g/mol. The molecule has 2 nitrogen and oxygen atoms in total. The Kier molecular flexibility index (Phi) is 3.12. The topological polar surface area (TPSA) is 38.9 Å². The van der Waals surface area contributed by atoms with Crippen LogP contribution in [0.2, 0.25) is 0 Å². The van der Waals surface area contributed by atoms with Crippen LogP contribution in [-0.4, -0.2) is 11.5 Å². The molecule has 3 heteroatoms. The molecule has 1 heterocycles. The molecule has 0 aromatic carbocycles. The highest BCUT2D eigenvalue weighted by Crippen LogP contribution is 2.47. The van der Waals surface area contributed by atoms with E-state index in [0.717, 1.165) is 18.9 Å². The molecule has 1 atom stereocenters. The Morgan fingerprint density at radius 1 is 1.60 bits per heavy atom. The summed E-state index contributed by atoms with van der Waals surface area (Å²) >= 11 is 1.78. The second-order valence-electron chi connectivity index (χ2n) is 4.99. The van der Waals surface area contributed by atoms with E-state index in [1.807, 2.05) is 5.51 Å². The normalized spacial score (nSPS) is 20.2. The van der Waals surface area contributed by atoms with Gasteiger partial charge < -0.3 is 5.73 Å². The van der Waals surface area contributed by atoms with Crippen LogP contribution in [0.25, 0.3) is 0 Å². The molecule has 2 rings (SSSR count). The molecule has 0 aliphatic heterocycles. The molecule has 84 valence electrons. The van der Waals surface area contributed by atoms with Gasteiger partial charge in [0, 0.05) is 4.88 Å². The molecule has 1 saturated carbocycles. The summed E-state index contributed by atoms with van der Waals surface area (Å²) in [5.41, 5.74) is 9.43. The number of aryl methyl sites for hydroxylation is 2. The van der Waals surface area contributed by atoms with Crippen LogP contribution in [0.5, 0.6) is 0 Å². The molecule has 1 aliphatic rings. The number of nitrogens with two attached hydrogens (primary N) is 1. The summed E-state index contributed by atoms with van der Waals surface area (Å²) < 4.78 is 0. The zero-order valence-corrected chi connectivity index (χ0v) is 10.4. The Morgan fingerprint density at radius 2 is 2.33 bits per heavy atom. The fourth-order valence-corrected chi connectivity index (χ4v) is 3.00. The second kappa shape index (κ2) is 4.22. The number of nitrogens with zero attached hydrogens (tertiary/aromatic N) is 1. The Hall–Kier alpha value is -0.410. The summed E-state index contributed by atoms with van der Waals surface area (Å²) in [6, 6.07) is 0. The Morgan fingerprint density at radius 3 is 2.80 bits per heavy atom. The minimum Gasteiger partial charge on any atom is -0.330 e. The van der Waals surface area contributed by atoms with Crippen LogP contribution in [0, 0.1) is 18.3 Å². The maximum absolute atomic E-state index is 5.91. The lowest BCUT2D eigenvalue weighted by Crippen LogP contribution is -2.30. The van der Waals surface area contributed by atoms with Crippen molar-refractivity contribution < 1.29 is 0 Å². The van der Waals surface area contributed by atoms with E-state index in [1.54, 1.807) is 11.3 Å². The van der Waals surface area contributed by atoms with E-state index >= 15 is 0 Å². The summed E-state index contributed by atoms with van der Waals surface area (Å²) in [4.78, 5) is 5.73. The zero-order valence-electron chi connectivity index (χ0n) is 9.62. The number of hydrogen-bond donors (Lipinski definition) is 1. The van der Waals surface area contributed by atoms with Crippen LogP contribution in [0.1, 0.15) is 36.8 Å². The van der Waals surface area contributed by atoms with E-state index in [1.165, 1.54) is 29.8 Å². The molecule has 0 spiro atoms. The van der Waals surface area contributed by atoms with Gasteiger partial charge >= 0.3 is 0 Å². The van der Waals surface area contributed by atoms with Crippen LogP contribution in [0.3, 0.4) is 0 Å². The first-order chi connectivity index (χ1) is 7.15. The number of aromatic nitrogens is 1. The minimum atomic E-state index is 0.371. The lowest BCUT2D eigenvalue weighted by molar-refractivity contribution is 0.261. The van der Waals surface area contributed by atoms with E-state index in [9.17, 15) is 0 Å². The zero-order chi connectivity index (χ0) is 10.9. The fraction of sp³-hybridized carbons (Fsp3) is 0.750. The molecule has 0 saturated heterocycles. The lowest BCUT2D eigenvalue weighted by atomic mass is 9.80. The maximum atomic E-state index is 5.91. The molecule has 1 fully saturated rings. The summed E-state index contributed by atoms with van der Waals surface area (Å²) in [6.07, 6.45) is 5.14.